The lowest BCUT2D eigenvalue weighted by Crippen LogP contribution is -2.06. The molecule has 0 aliphatic carbocycles. The fourth-order valence-corrected chi connectivity index (χ4v) is 2.71. The van der Waals surface area contributed by atoms with Crippen LogP contribution < -0.4 is 10.5 Å². The molecule has 20 heavy (non-hydrogen) atoms. The van der Waals surface area contributed by atoms with Crippen LogP contribution >= 0.6 is 11.6 Å². The highest BCUT2D eigenvalue weighted by atomic mass is 35.5. The molecular weight excluding hydrogens is 274 g/mol. The maximum Gasteiger partial charge on any atom is 0.197 e. The molecule has 4 heteroatoms. The number of carbonyl (C=O) groups is 1. The number of nitrogen functional groups attached to an aromatic ring is 1. The van der Waals surface area contributed by atoms with E-state index in [4.69, 9.17) is 22.1 Å². The average Bonchev–Trinajstić information content (AvgIpc) is 2.87. The molecule has 2 aromatic rings. The van der Waals surface area contributed by atoms with E-state index in [2.05, 4.69) is 0 Å². The second kappa shape index (κ2) is 4.84. The van der Waals surface area contributed by atoms with Crippen molar-refractivity contribution in [3.8, 4) is 5.75 Å². The third-order valence-corrected chi connectivity index (χ3v) is 3.72. The summed E-state index contributed by atoms with van der Waals surface area (Å²) in [5.74, 6) is 0.552. The van der Waals surface area contributed by atoms with Gasteiger partial charge in [0.2, 0.25) is 0 Å². The summed E-state index contributed by atoms with van der Waals surface area (Å²) in [6, 6.07) is 8.84. The minimum atomic E-state index is -0.101. The van der Waals surface area contributed by atoms with E-state index in [1.807, 2.05) is 19.1 Å². The highest BCUT2D eigenvalue weighted by Gasteiger charge is 2.23. The third-order valence-electron chi connectivity index (χ3n) is 3.50. The molecule has 3 nitrogen and oxygen atoms in total. The van der Waals surface area contributed by atoms with E-state index in [0.29, 0.717) is 34.2 Å². The van der Waals surface area contributed by atoms with Crippen molar-refractivity contribution in [3.05, 3.63) is 57.6 Å². The van der Waals surface area contributed by atoms with Gasteiger partial charge in [0.25, 0.3) is 0 Å². The first-order valence-corrected chi connectivity index (χ1v) is 6.80. The molecule has 3 rings (SSSR count). The summed E-state index contributed by atoms with van der Waals surface area (Å²) in [5, 5.41) is 0.555. The van der Waals surface area contributed by atoms with Crippen molar-refractivity contribution in [1.82, 2.24) is 0 Å². The highest BCUT2D eigenvalue weighted by Crippen LogP contribution is 2.34. The quantitative estimate of drug-likeness (QED) is 0.680. The second-order valence-corrected chi connectivity index (χ2v) is 5.38. The summed E-state index contributed by atoms with van der Waals surface area (Å²) >= 11 is 6.10. The molecule has 0 radical (unpaired) electrons. The van der Waals surface area contributed by atoms with Crippen LogP contribution in [0.5, 0.6) is 5.75 Å². The Hall–Kier alpha value is -2.00. The Labute approximate surface area is 122 Å². The number of hydrogen-bond acceptors (Lipinski definition) is 3. The smallest absolute Gasteiger partial charge is 0.197 e. The molecule has 0 saturated carbocycles. The molecule has 1 heterocycles. The molecule has 102 valence electrons. The lowest BCUT2D eigenvalue weighted by atomic mass is 9.96. The van der Waals surface area contributed by atoms with Crippen molar-refractivity contribution >= 4 is 23.1 Å². The fourth-order valence-electron chi connectivity index (χ4n) is 2.47. The normalized spacial score (nSPS) is 12.9. The number of ether oxygens (including phenoxy) is 1. The Morgan fingerprint density at radius 1 is 1.25 bits per heavy atom. The van der Waals surface area contributed by atoms with Crippen molar-refractivity contribution in [2.75, 3.05) is 12.3 Å². The summed E-state index contributed by atoms with van der Waals surface area (Å²) in [6.45, 7) is 2.48. The van der Waals surface area contributed by atoms with Gasteiger partial charge in [0, 0.05) is 22.7 Å². The number of rotatable bonds is 2. The van der Waals surface area contributed by atoms with Crippen LogP contribution in [0.25, 0.3) is 0 Å². The van der Waals surface area contributed by atoms with E-state index in [-0.39, 0.29) is 5.78 Å². The van der Waals surface area contributed by atoms with Gasteiger partial charge in [0.1, 0.15) is 5.75 Å². The first-order chi connectivity index (χ1) is 9.56. The Kier molecular flexibility index (Phi) is 3.14. The molecule has 0 amide bonds. The van der Waals surface area contributed by atoms with Gasteiger partial charge < -0.3 is 10.5 Å². The summed E-state index contributed by atoms with van der Waals surface area (Å²) in [7, 11) is 0. The Morgan fingerprint density at radius 2 is 2.05 bits per heavy atom. The van der Waals surface area contributed by atoms with E-state index in [1.54, 1.807) is 18.2 Å². The van der Waals surface area contributed by atoms with Gasteiger partial charge in [-0.05, 0) is 42.3 Å². The van der Waals surface area contributed by atoms with Crippen LogP contribution in [0.4, 0.5) is 5.69 Å². The van der Waals surface area contributed by atoms with Gasteiger partial charge in [-0.15, -0.1) is 0 Å². The zero-order chi connectivity index (χ0) is 14.3. The van der Waals surface area contributed by atoms with Gasteiger partial charge in [-0.2, -0.15) is 0 Å². The van der Waals surface area contributed by atoms with Crippen molar-refractivity contribution < 1.29 is 9.53 Å². The molecule has 0 unspecified atom stereocenters. The number of anilines is 1. The monoisotopic (exact) mass is 287 g/mol. The second-order valence-electron chi connectivity index (χ2n) is 4.94. The number of hydrogen-bond donors (Lipinski definition) is 1. The molecule has 0 saturated heterocycles. The summed E-state index contributed by atoms with van der Waals surface area (Å²) < 4.78 is 5.59. The largest absolute Gasteiger partial charge is 0.492 e. The zero-order valence-corrected chi connectivity index (χ0v) is 11.8. The molecule has 0 aromatic heterocycles. The molecule has 0 bridgehead atoms. The third kappa shape index (κ3) is 2.14. The van der Waals surface area contributed by atoms with Gasteiger partial charge in [0.15, 0.2) is 5.78 Å². The van der Waals surface area contributed by atoms with Crippen LogP contribution in [0.15, 0.2) is 30.3 Å². The van der Waals surface area contributed by atoms with Gasteiger partial charge in [-0.1, -0.05) is 17.7 Å². The predicted molar refractivity (Wildman–Crippen MR) is 79.7 cm³/mol. The van der Waals surface area contributed by atoms with Gasteiger partial charge in [-0.25, -0.2) is 0 Å². The van der Waals surface area contributed by atoms with Crippen LogP contribution in [-0.2, 0) is 6.42 Å². The standard InChI is InChI=1S/C16H14ClNO2/c1-9-2-3-12(18)8-13(9)15(19)14-7-11(17)6-10-4-5-20-16(10)14/h2-3,6-8H,4-5,18H2,1H3. The predicted octanol–water partition coefficient (Wildman–Crippen LogP) is 3.40. The van der Waals surface area contributed by atoms with E-state index in [1.165, 1.54) is 0 Å². The van der Waals surface area contributed by atoms with Crippen LogP contribution in [-0.4, -0.2) is 12.4 Å². The van der Waals surface area contributed by atoms with E-state index in [9.17, 15) is 4.79 Å². The number of benzene rings is 2. The Balaban J connectivity index is 2.14. The van der Waals surface area contributed by atoms with Gasteiger partial charge >= 0.3 is 0 Å². The number of carbonyl (C=O) groups excluding carboxylic acids is 1. The van der Waals surface area contributed by atoms with Crippen molar-refractivity contribution in [3.63, 3.8) is 0 Å². The summed E-state index contributed by atoms with van der Waals surface area (Å²) in [4.78, 5) is 12.7. The molecule has 2 aromatic carbocycles. The molecule has 0 atom stereocenters. The minimum absolute atomic E-state index is 0.101. The lowest BCUT2D eigenvalue weighted by Gasteiger charge is -2.10. The van der Waals surface area contributed by atoms with E-state index in [0.717, 1.165) is 17.5 Å². The molecule has 2 N–H and O–H groups in total. The maximum atomic E-state index is 12.7. The van der Waals surface area contributed by atoms with Crippen LogP contribution in [0.1, 0.15) is 27.0 Å². The molecule has 0 spiro atoms. The molecular formula is C16H14ClNO2. The number of ketones is 1. The Morgan fingerprint density at radius 3 is 2.85 bits per heavy atom. The van der Waals surface area contributed by atoms with E-state index < -0.39 is 0 Å². The topological polar surface area (TPSA) is 52.3 Å². The SMILES string of the molecule is Cc1ccc(N)cc1C(=O)c1cc(Cl)cc2c1OCC2. The van der Waals surface area contributed by atoms with Crippen LogP contribution in [0.3, 0.4) is 0 Å². The number of halogens is 1. The van der Waals surface area contributed by atoms with Crippen molar-refractivity contribution in [1.29, 1.82) is 0 Å². The fraction of sp³-hybridized carbons (Fsp3) is 0.188. The van der Waals surface area contributed by atoms with Crippen molar-refractivity contribution in [2.45, 2.75) is 13.3 Å². The number of nitrogens with two attached hydrogens (primary N) is 1. The molecule has 0 fully saturated rings. The van der Waals surface area contributed by atoms with E-state index >= 15 is 0 Å². The zero-order valence-electron chi connectivity index (χ0n) is 11.1. The summed E-state index contributed by atoms with van der Waals surface area (Å²) in [6.07, 6.45) is 0.784. The number of aryl methyl sites for hydroxylation is 1. The first kappa shape index (κ1) is 13.0. The lowest BCUT2D eigenvalue weighted by molar-refractivity contribution is 0.103. The van der Waals surface area contributed by atoms with Crippen molar-refractivity contribution in [2.24, 2.45) is 0 Å². The van der Waals surface area contributed by atoms with Gasteiger partial charge in [-0.3, -0.25) is 4.79 Å². The average molecular weight is 288 g/mol. The summed E-state index contributed by atoms with van der Waals surface area (Å²) in [5.41, 5.74) is 9.32. The maximum absolute atomic E-state index is 12.7. The number of fused-ring (bicyclic) bond motifs is 1. The van der Waals surface area contributed by atoms with Crippen LogP contribution in [0, 0.1) is 6.92 Å². The first-order valence-electron chi connectivity index (χ1n) is 6.42. The molecule has 1 aliphatic heterocycles. The Bertz CT molecular complexity index is 710. The molecule has 1 aliphatic rings. The van der Waals surface area contributed by atoms with Gasteiger partial charge in [0.05, 0.1) is 12.2 Å². The van der Waals surface area contributed by atoms with Crippen LogP contribution in [0.2, 0.25) is 5.02 Å². The minimum Gasteiger partial charge on any atom is -0.492 e. The highest BCUT2D eigenvalue weighted by molar-refractivity contribution is 6.31.